The lowest BCUT2D eigenvalue weighted by Gasteiger charge is -2.21. The Kier molecular flexibility index (Phi) is 3.63. The lowest BCUT2D eigenvalue weighted by molar-refractivity contribution is 0.208. The highest BCUT2D eigenvalue weighted by Gasteiger charge is 2.25. The number of hydrogen-bond donors (Lipinski definition) is 0. The minimum Gasteiger partial charge on any atom is -0.338 e. The lowest BCUT2D eigenvalue weighted by Crippen LogP contribution is -2.31. The Balaban J connectivity index is 1.44. The van der Waals surface area contributed by atoms with Gasteiger partial charge in [0.15, 0.2) is 0 Å². The molecule has 0 N–H and O–H groups in total. The van der Waals surface area contributed by atoms with Gasteiger partial charge in [-0.1, -0.05) is 29.4 Å². The minimum atomic E-state index is 0.487. The fourth-order valence-corrected chi connectivity index (χ4v) is 3.12. The second kappa shape index (κ2) is 5.93. The zero-order valence-corrected chi connectivity index (χ0v) is 13.0. The van der Waals surface area contributed by atoms with E-state index < -0.39 is 0 Å². The summed E-state index contributed by atoms with van der Waals surface area (Å²) in [6, 6.07) is 12.9. The summed E-state index contributed by atoms with van der Waals surface area (Å²) >= 11 is 0. The monoisotopic (exact) mass is 306 g/mol. The molecule has 0 saturated carbocycles. The topological polar surface area (TPSA) is 55.1 Å². The summed E-state index contributed by atoms with van der Waals surface area (Å²) in [4.78, 5) is 10.9. The maximum Gasteiger partial charge on any atom is 0.241 e. The van der Waals surface area contributed by atoms with Gasteiger partial charge in [-0.2, -0.15) is 4.98 Å². The molecule has 2 aromatic heterocycles. The molecule has 0 atom stereocenters. The van der Waals surface area contributed by atoms with Crippen LogP contribution < -0.4 is 0 Å². The van der Waals surface area contributed by atoms with Crippen LogP contribution in [0.5, 0.6) is 0 Å². The van der Waals surface area contributed by atoms with Gasteiger partial charge in [0.25, 0.3) is 0 Å². The predicted molar refractivity (Wildman–Crippen MR) is 86.6 cm³/mol. The number of hydrogen-bond acceptors (Lipinski definition) is 5. The van der Waals surface area contributed by atoms with E-state index in [-0.39, 0.29) is 0 Å². The van der Waals surface area contributed by atoms with Gasteiger partial charge < -0.3 is 4.52 Å². The highest BCUT2D eigenvalue weighted by molar-refractivity contribution is 5.51. The van der Waals surface area contributed by atoms with Gasteiger partial charge in [-0.15, -0.1) is 0 Å². The van der Waals surface area contributed by atoms with Gasteiger partial charge in [-0.25, -0.2) is 0 Å². The summed E-state index contributed by atoms with van der Waals surface area (Å²) in [5, 5.41) is 4.05. The van der Waals surface area contributed by atoms with E-state index in [2.05, 4.69) is 51.3 Å². The van der Waals surface area contributed by atoms with Crippen LogP contribution in [0.3, 0.4) is 0 Å². The largest absolute Gasteiger partial charge is 0.338 e. The number of fused-ring (bicyclic) bond motifs is 1. The molecule has 2 heterocycles. The molecule has 0 aliphatic heterocycles. The van der Waals surface area contributed by atoms with Gasteiger partial charge in [0.2, 0.25) is 11.7 Å². The molecule has 1 aromatic carbocycles. The van der Waals surface area contributed by atoms with Crippen LogP contribution in [-0.2, 0) is 19.4 Å². The fourth-order valence-electron chi connectivity index (χ4n) is 3.12. The molecule has 0 bridgehead atoms. The number of nitrogens with zero attached hydrogens (tertiary/aromatic N) is 4. The molecular formula is C18H18N4O. The molecule has 0 amide bonds. The van der Waals surface area contributed by atoms with E-state index in [1.807, 2.05) is 12.1 Å². The van der Waals surface area contributed by atoms with Crippen LogP contribution in [0.4, 0.5) is 0 Å². The average molecular weight is 306 g/mol. The first-order chi connectivity index (χ1) is 11.3. The molecule has 5 heteroatoms. The van der Waals surface area contributed by atoms with E-state index >= 15 is 0 Å². The van der Waals surface area contributed by atoms with Crippen LogP contribution in [0.25, 0.3) is 11.4 Å². The maximum atomic E-state index is 5.40. The van der Waals surface area contributed by atoms with Crippen LogP contribution in [-0.4, -0.2) is 33.1 Å². The summed E-state index contributed by atoms with van der Waals surface area (Å²) in [6.07, 6.45) is 5.63. The Morgan fingerprint density at radius 3 is 2.61 bits per heavy atom. The van der Waals surface area contributed by atoms with Gasteiger partial charge in [-0.3, -0.25) is 9.88 Å². The van der Waals surface area contributed by atoms with Crippen molar-refractivity contribution in [3.8, 4) is 11.4 Å². The zero-order valence-electron chi connectivity index (χ0n) is 13.0. The highest BCUT2D eigenvalue weighted by Crippen LogP contribution is 2.25. The SMILES string of the molecule is CN(Cc1nc(-c2cccnc2)no1)C1Cc2ccccc2C1. The third kappa shape index (κ3) is 2.87. The summed E-state index contributed by atoms with van der Waals surface area (Å²) in [5.41, 5.74) is 3.77. The van der Waals surface area contributed by atoms with E-state index in [9.17, 15) is 0 Å². The number of benzene rings is 1. The van der Waals surface area contributed by atoms with Crippen molar-refractivity contribution in [2.75, 3.05) is 7.05 Å². The minimum absolute atomic E-state index is 0.487. The van der Waals surface area contributed by atoms with Crippen molar-refractivity contribution >= 4 is 0 Å². The third-order valence-electron chi connectivity index (χ3n) is 4.43. The molecule has 0 unspecified atom stereocenters. The van der Waals surface area contributed by atoms with E-state index in [1.54, 1.807) is 12.4 Å². The molecular weight excluding hydrogens is 288 g/mol. The lowest BCUT2D eigenvalue weighted by atomic mass is 10.1. The van der Waals surface area contributed by atoms with Crippen LogP contribution in [0.1, 0.15) is 17.0 Å². The van der Waals surface area contributed by atoms with Crippen molar-refractivity contribution in [2.45, 2.75) is 25.4 Å². The Labute approximate surface area is 135 Å². The highest BCUT2D eigenvalue weighted by atomic mass is 16.5. The smallest absolute Gasteiger partial charge is 0.241 e. The molecule has 0 saturated heterocycles. The van der Waals surface area contributed by atoms with Crippen molar-refractivity contribution in [3.05, 3.63) is 65.8 Å². The van der Waals surface area contributed by atoms with E-state index in [1.165, 1.54) is 11.1 Å². The summed E-state index contributed by atoms with van der Waals surface area (Å²) < 4.78 is 5.40. The molecule has 0 radical (unpaired) electrons. The van der Waals surface area contributed by atoms with Gasteiger partial charge >= 0.3 is 0 Å². The quantitative estimate of drug-likeness (QED) is 0.742. The van der Waals surface area contributed by atoms with E-state index in [0.29, 0.717) is 24.3 Å². The van der Waals surface area contributed by atoms with Gasteiger partial charge in [0.1, 0.15) is 0 Å². The average Bonchev–Trinajstić information content (AvgIpc) is 3.22. The fraction of sp³-hybridized carbons (Fsp3) is 0.278. The second-order valence-corrected chi connectivity index (χ2v) is 6.00. The van der Waals surface area contributed by atoms with E-state index in [4.69, 9.17) is 4.52 Å². The van der Waals surface area contributed by atoms with Crippen LogP contribution in [0, 0.1) is 0 Å². The standard InChI is InChI=1S/C18H18N4O/c1-22(16-9-13-5-2-3-6-14(13)10-16)12-17-20-18(21-23-17)15-7-4-8-19-11-15/h2-8,11,16H,9-10,12H2,1H3. The Bertz CT molecular complexity index is 775. The van der Waals surface area contributed by atoms with Crippen molar-refractivity contribution in [2.24, 2.45) is 0 Å². The van der Waals surface area contributed by atoms with Crippen molar-refractivity contribution in [1.82, 2.24) is 20.0 Å². The first kappa shape index (κ1) is 14.1. The second-order valence-electron chi connectivity index (χ2n) is 6.00. The maximum absolute atomic E-state index is 5.40. The van der Waals surface area contributed by atoms with Crippen molar-refractivity contribution in [3.63, 3.8) is 0 Å². The summed E-state index contributed by atoms with van der Waals surface area (Å²) in [6.45, 7) is 0.659. The van der Waals surface area contributed by atoms with Crippen LogP contribution in [0.2, 0.25) is 0 Å². The Morgan fingerprint density at radius 2 is 1.91 bits per heavy atom. The van der Waals surface area contributed by atoms with Gasteiger partial charge in [-0.05, 0) is 43.1 Å². The third-order valence-corrected chi connectivity index (χ3v) is 4.43. The first-order valence-electron chi connectivity index (χ1n) is 7.79. The first-order valence-corrected chi connectivity index (χ1v) is 7.79. The van der Waals surface area contributed by atoms with E-state index in [0.717, 1.165) is 18.4 Å². The molecule has 1 aliphatic carbocycles. The van der Waals surface area contributed by atoms with Crippen molar-refractivity contribution in [1.29, 1.82) is 0 Å². The summed E-state index contributed by atoms with van der Waals surface area (Å²) in [5.74, 6) is 1.23. The zero-order chi connectivity index (χ0) is 15.6. The molecule has 0 fully saturated rings. The molecule has 116 valence electrons. The summed E-state index contributed by atoms with van der Waals surface area (Å²) in [7, 11) is 2.12. The van der Waals surface area contributed by atoms with Gasteiger partial charge in [0, 0.05) is 24.0 Å². The number of likely N-dealkylation sites (N-methyl/N-ethyl adjacent to an activating group) is 1. The number of rotatable bonds is 4. The molecule has 5 nitrogen and oxygen atoms in total. The number of aromatic nitrogens is 3. The Morgan fingerprint density at radius 1 is 1.13 bits per heavy atom. The molecule has 1 aliphatic rings. The molecule has 23 heavy (non-hydrogen) atoms. The molecule has 4 rings (SSSR count). The number of pyridine rings is 1. The van der Waals surface area contributed by atoms with Crippen molar-refractivity contribution < 1.29 is 4.52 Å². The van der Waals surface area contributed by atoms with Crippen LogP contribution >= 0.6 is 0 Å². The molecule has 3 aromatic rings. The predicted octanol–water partition coefficient (Wildman–Crippen LogP) is 2.73. The normalized spacial score (nSPS) is 14.3. The Hall–Kier alpha value is -2.53. The molecule has 0 spiro atoms. The van der Waals surface area contributed by atoms with Gasteiger partial charge in [0.05, 0.1) is 6.54 Å². The van der Waals surface area contributed by atoms with Crippen LogP contribution in [0.15, 0.2) is 53.3 Å².